The van der Waals surface area contributed by atoms with E-state index in [9.17, 15) is 5.11 Å². The molecule has 2 N–H and O–H groups in total. The van der Waals surface area contributed by atoms with Gasteiger partial charge in [-0.25, -0.2) is 0 Å². The summed E-state index contributed by atoms with van der Waals surface area (Å²) in [7, 11) is 0. The fourth-order valence-electron chi connectivity index (χ4n) is 2.23. The van der Waals surface area contributed by atoms with Crippen molar-refractivity contribution in [2.75, 3.05) is 13.2 Å². The maximum Gasteiger partial charge on any atom is 0.202 e. The lowest BCUT2D eigenvalue weighted by molar-refractivity contribution is -0.185. The summed E-state index contributed by atoms with van der Waals surface area (Å²) in [5, 5.41) is 18.9. The smallest absolute Gasteiger partial charge is 0.202 e. The van der Waals surface area contributed by atoms with Gasteiger partial charge >= 0.3 is 0 Å². The van der Waals surface area contributed by atoms with Crippen molar-refractivity contribution < 1.29 is 24.4 Å². The highest BCUT2D eigenvalue weighted by Crippen LogP contribution is 2.26. The van der Waals surface area contributed by atoms with Gasteiger partial charge in [-0.3, -0.25) is 0 Å². The molecule has 3 unspecified atom stereocenters. The third kappa shape index (κ3) is 4.18. The summed E-state index contributed by atoms with van der Waals surface area (Å²) in [4.78, 5) is 0. The third-order valence-electron chi connectivity index (χ3n) is 3.24. The molecule has 5 heteroatoms. The first-order valence-electron chi connectivity index (χ1n) is 6.99. The second-order valence-corrected chi connectivity index (χ2v) is 4.86. The molecule has 3 atom stereocenters. The van der Waals surface area contributed by atoms with Crippen LogP contribution in [0.3, 0.4) is 0 Å². The molecule has 1 aromatic rings. The Morgan fingerprint density at radius 1 is 1.30 bits per heavy atom. The summed E-state index contributed by atoms with van der Waals surface area (Å²) in [6, 6.07) is 7.60. The maximum absolute atomic E-state index is 9.77. The fraction of sp³-hybridized carbons (Fsp3) is 0.600. The molecule has 1 heterocycles. The molecule has 0 bridgehead atoms. The molecule has 0 spiro atoms. The van der Waals surface area contributed by atoms with Gasteiger partial charge in [0.1, 0.15) is 5.75 Å². The number of hydrogen-bond donors (Lipinski definition) is 2. The molecule has 0 amide bonds. The molecule has 0 aromatic heterocycles. The lowest BCUT2D eigenvalue weighted by Crippen LogP contribution is -2.40. The minimum Gasteiger partial charge on any atom is -0.464 e. The lowest BCUT2D eigenvalue weighted by atomic mass is 10.1. The SMILES string of the molecule is CCOCc1ccccc1OC1CC(O)CC(CO)O1. The van der Waals surface area contributed by atoms with Gasteiger partial charge in [0, 0.05) is 25.0 Å². The van der Waals surface area contributed by atoms with E-state index in [1.807, 2.05) is 31.2 Å². The van der Waals surface area contributed by atoms with Gasteiger partial charge in [-0.15, -0.1) is 0 Å². The van der Waals surface area contributed by atoms with Crippen molar-refractivity contribution in [1.82, 2.24) is 0 Å². The molecule has 1 saturated heterocycles. The van der Waals surface area contributed by atoms with Crippen LogP contribution in [0.15, 0.2) is 24.3 Å². The van der Waals surface area contributed by atoms with Crippen LogP contribution in [0.1, 0.15) is 25.3 Å². The molecule has 112 valence electrons. The Balaban J connectivity index is 2.01. The topological polar surface area (TPSA) is 68.2 Å². The summed E-state index contributed by atoms with van der Waals surface area (Å²) >= 11 is 0. The van der Waals surface area contributed by atoms with E-state index in [2.05, 4.69) is 0 Å². The first kappa shape index (κ1) is 15.3. The van der Waals surface area contributed by atoms with Crippen molar-refractivity contribution in [2.24, 2.45) is 0 Å². The zero-order valence-electron chi connectivity index (χ0n) is 11.7. The Bertz CT molecular complexity index is 409. The van der Waals surface area contributed by atoms with Crippen molar-refractivity contribution in [2.45, 2.75) is 44.9 Å². The molecule has 0 aliphatic carbocycles. The van der Waals surface area contributed by atoms with Crippen LogP contribution >= 0.6 is 0 Å². The molecule has 2 rings (SSSR count). The van der Waals surface area contributed by atoms with Gasteiger partial charge in [-0.2, -0.15) is 0 Å². The number of para-hydroxylation sites is 1. The zero-order chi connectivity index (χ0) is 14.4. The molecular weight excluding hydrogens is 260 g/mol. The Kier molecular flexibility index (Phi) is 5.79. The average molecular weight is 282 g/mol. The minimum atomic E-state index is -0.543. The Morgan fingerprint density at radius 2 is 2.10 bits per heavy atom. The summed E-state index contributed by atoms with van der Waals surface area (Å²) in [6.45, 7) is 2.94. The van der Waals surface area contributed by atoms with E-state index < -0.39 is 12.4 Å². The number of aliphatic hydroxyl groups excluding tert-OH is 2. The van der Waals surface area contributed by atoms with E-state index in [0.717, 1.165) is 5.56 Å². The second-order valence-electron chi connectivity index (χ2n) is 4.86. The highest BCUT2D eigenvalue weighted by atomic mass is 16.7. The monoisotopic (exact) mass is 282 g/mol. The van der Waals surface area contributed by atoms with E-state index in [1.54, 1.807) is 0 Å². The molecule has 0 radical (unpaired) electrons. The molecule has 1 fully saturated rings. The van der Waals surface area contributed by atoms with Gasteiger partial charge < -0.3 is 24.4 Å². The Morgan fingerprint density at radius 3 is 2.85 bits per heavy atom. The second kappa shape index (κ2) is 7.59. The van der Waals surface area contributed by atoms with Gasteiger partial charge in [0.15, 0.2) is 0 Å². The number of rotatable bonds is 6. The van der Waals surface area contributed by atoms with Crippen LogP contribution in [0.4, 0.5) is 0 Å². The molecule has 0 saturated carbocycles. The number of aliphatic hydroxyl groups is 2. The van der Waals surface area contributed by atoms with Crippen LogP contribution < -0.4 is 4.74 Å². The van der Waals surface area contributed by atoms with Crippen LogP contribution in [0.25, 0.3) is 0 Å². The number of hydrogen-bond acceptors (Lipinski definition) is 5. The Hall–Kier alpha value is -1.14. The van der Waals surface area contributed by atoms with Crippen LogP contribution in [0, 0.1) is 0 Å². The van der Waals surface area contributed by atoms with E-state index in [4.69, 9.17) is 19.3 Å². The number of ether oxygens (including phenoxy) is 3. The van der Waals surface area contributed by atoms with Crippen LogP contribution in [-0.4, -0.2) is 41.9 Å². The predicted molar refractivity (Wildman–Crippen MR) is 73.4 cm³/mol. The van der Waals surface area contributed by atoms with Crippen LogP contribution in [0.2, 0.25) is 0 Å². The maximum atomic E-state index is 9.77. The average Bonchev–Trinajstić information content (AvgIpc) is 2.45. The van der Waals surface area contributed by atoms with Gasteiger partial charge in [-0.05, 0) is 13.0 Å². The predicted octanol–water partition coefficient (Wildman–Crippen LogP) is 1.46. The third-order valence-corrected chi connectivity index (χ3v) is 3.24. The van der Waals surface area contributed by atoms with Crippen LogP contribution in [-0.2, 0) is 16.1 Å². The standard InChI is InChI=1S/C15H22O5/c1-2-18-10-11-5-3-4-6-14(11)20-15-8-12(17)7-13(9-16)19-15/h3-6,12-13,15-17H,2,7-10H2,1H3. The van der Waals surface area contributed by atoms with Crippen molar-refractivity contribution in [3.63, 3.8) is 0 Å². The normalized spacial score (nSPS) is 26.4. The van der Waals surface area contributed by atoms with E-state index in [-0.39, 0.29) is 12.7 Å². The van der Waals surface area contributed by atoms with E-state index >= 15 is 0 Å². The summed E-state index contributed by atoms with van der Waals surface area (Å²) in [5.41, 5.74) is 0.943. The van der Waals surface area contributed by atoms with Gasteiger partial charge in [0.2, 0.25) is 6.29 Å². The largest absolute Gasteiger partial charge is 0.464 e. The summed E-state index contributed by atoms with van der Waals surface area (Å²) < 4.78 is 16.8. The molecule has 1 aromatic carbocycles. The summed E-state index contributed by atoms with van der Waals surface area (Å²) in [6.07, 6.45) is -0.581. The molecule has 5 nitrogen and oxygen atoms in total. The van der Waals surface area contributed by atoms with Crippen molar-refractivity contribution in [1.29, 1.82) is 0 Å². The lowest BCUT2D eigenvalue weighted by Gasteiger charge is -2.32. The molecule has 1 aliphatic heterocycles. The molecule has 20 heavy (non-hydrogen) atoms. The van der Waals surface area contributed by atoms with Crippen molar-refractivity contribution >= 4 is 0 Å². The fourth-order valence-corrected chi connectivity index (χ4v) is 2.23. The quantitative estimate of drug-likeness (QED) is 0.827. The minimum absolute atomic E-state index is 0.114. The zero-order valence-corrected chi connectivity index (χ0v) is 11.7. The highest BCUT2D eigenvalue weighted by molar-refractivity contribution is 5.32. The van der Waals surface area contributed by atoms with Gasteiger partial charge in [0.05, 0.1) is 25.4 Å². The number of benzene rings is 1. The molecule has 1 aliphatic rings. The summed E-state index contributed by atoms with van der Waals surface area (Å²) in [5.74, 6) is 0.691. The van der Waals surface area contributed by atoms with Crippen molar-refractivity contribution in [3.8, 4) is 5.75 Å². The van der Waals surface area contributed by atoms with Crippen LogP contribution in [0.5, 0.6) is 5.75 Å². The highest BCUT2D eigenvalue weighted by Gasteiger charge is 2.29. The van der Waals surface area contributed by atoms with E-state index in [1.165, 1.54) is 0 Å². The van der Waals surface area contributed by atoms with Gasteiger partial charge in [-0.1, -0.05) is 18.2 Å². The van der Waals surface area contributed by atoms with E-state index in [0.29, 0.717) is 31.8 Å². The van der Waals surface area contributed by atoms with Crippen molar-refractivity contribution in [3.05, 3.63) is 29.8 Å². The first-order chi connectivity index (χ1) is 9.72. The first-order valence-corrected chi connectivity index (χ1v) is 6.99. The molecular formula is C15H22O5. The Labute approximate surface area is 119 Å². The van der Waals surface area contributed by atoms with Gasteiger partial charge in [0.25, 0.3) is 0 Å².